The van der Waals surface area contributed by atoms with Crippen LogP contribution in [0.3, 0.4) is 0 Å². The number of rotatable bonds is 4. The van der Waals surface area contributed by atoms with Gasteiger partial charge in [0.15, 0.2) is 6.10 Å². The number of aliphatic hydroxyl groups excluding tert-OH is 1. The molecular weight excluding hydrogens is 292 g/mol. The van der Waals surface area contributed by atoms with Crippen molar-refractivity contribution in [3.05, 3.63) is 66.0 Å². The van der Waals surface area contributed by atoms with E-state index in [1.54, 1.807) is 18.3 Å². The Morgan fingerprint density at radius 2 is 1.91 bits per heavy atom. The number of aliphatic hydroxyl groups is 1. The van der Waals surface area contributed by atoms with Crippen LogP contribution in [0.25, 0.3) is 0 Å². The minimum atomic E-state index is -1.18. The smallest absolute Gasteiger partial charge is 0.253 e. The number of hydrogen-bond donors (Lipinski definition) is 2. The van der Waals surface area contributed by atoms with Crippen LogP contribution < -0.4 is 5.32 Å². The number of carbonyl (C=O) groups excluding carboxylic acids is 1. The molecule has 1 amide bonds. The van der Waals surface area contributed by atoms with E-state index in [-0.39, 0.29) is 0 Å². The lowest BCUT2D eigenvalue weighted by atomic mass is 10.1. The summed E-state index contributed by atoms with van der Waals surface area (Å²) in [5.74, 6) is -0.424. The van der Waals surface area contributed by atoms with E-state index in [1.807, 2.05) is 30.3 Å². The molecule has 23 heavy (non-hydrogen) atoms. The summed E-state index contributed by atoms with van der Waals surface area (Å²) in [6.45, 7) is 2.40. The summed E-state index contributed by atoms with van der Waals surface area (Å²) in [6.07, 6.45) is 4.45. The molecule has 1 saturated heterocycles. The Hall–Kier alpha value is -2.24. The minimum Gasteiger partial charge on any atom is -0.381 e. The van der Waals surface area contributed by atoms with E-state index >= 15 is 0 Å². The zero-order chi connectivity index (χ0) is 16.3. The Morgan fingerprint density at radius 3 is 2.48 bits per heavy atom. The topological polar surface area (TPSA) is 71.5 Å². The van der Waals surface area contributed by atoms with Crippen molar-refractivity contribution >= 4 is 5.91 Å². The predicted octanol–water partition coefficient (Wildman–Crippen LogP) is 2.23. The van der Waals surface area contributed by atoms with Gasteiger partial charge in [-0.25, -0.2) is 0 Å². The number of nitrogens with zero attached hydrogens (tertiary/aromatic N) is 1. The zero-order valence-electron chi connectivity index (χ0n) is 13.0. The maximum atomic E-state index is 11.7. The van der Waals surface area contributed by atoms with Crippen molar-refractivity contribution in [2.24, 2.45) is 0 Å². The number of carbonyl (C=O) groups is 1. The van der Waals surface area contributed by atoms with Gasteiger partial charge >= 0.3 is 0 Å². The standard InChI is InChI=1S/C14H14N2O2.C4H8O/c17-13(12-7-4-8-15-10-12)14(18)16-9-11-5-2-1-3-6-11;1-2-4-5-3-1/h1-8,10,13,17H,9H2,(H,16,18);1-4H2/t13-;/m1./s1. The molecule has 0 radical (unpaired) electrons. The van der Waals surface area contributed by atoms with Crippen LogP contribution in [0.2, 0.25) is 0 Å². The fraction of sp³-hybridized carbons (Fsp3) is 0.333. The maximum absolute atomic E-state index is 11.7. The van der Waals surface area contributed by atoms with Gasteiger partial charge in [-0.15, -0.1) is 0 Å². The molecule has 2 aromatic rings. The number of ether oxygens (including phenoxy) is 1. The Kier molecular flexibility index (Phi) is 7.23. The number of nitrogens with one attached hydrogen (secondary N) is 1. The summed E-state index contributed by atoms with van der Waals surface area (Å²) in [5, 5.41) is 12.5. The quantitative estimate of drug-likeness (QED) is 0.908. The first-order chi connectivity index (χ1) is 11.3. The molecule has 1 atom stereocenters. The second-order valence-corrected chi connectivity index (χ2v) is 5.21. The van der Waals surface area contributed by atoms with Crippen molar-refractivity contribution in [3.63, 3.8) is 0 Å². The van der Waals surface area contributed by atoms with Gasteiger partial charge in [0.1, 0.15) is 0 Å². The molecule has 1 aliphatic rings. The summed E-state index contributed by atoms with van der Waals surface area (Å²) >= 11 is 0. The monoisotopic (exact) mass is 314 g/mol. The molecule has 5 heteroatoms. The lowest BCUT2D eigenvalue weighted by Gasteiger charge is -2.11. The molecule has 0 spiro atoms. The number of benzene rings is 1. The third-order valence-corrected chi connectivity index (χ3v) is 3.39. The van der Waals surface area contributed by atoms with Crippen LogP contribution in [0.5, 0.6) is 0 Å². The molecule has 0 unspecified atom stereocenters. The highest BCUT2D eigenvalue weighted by Gasteiger charge is 2.16. The van der Waals surface area contributed by atoms with Gasteiger partial charge in [0.05, 0.1) is 0 Å². The van der Waals surface area contributed by atoms with Gasteiger partial charge in [0.25, 0.3) is 5.91 Å². The first-order valence-corrected chi connectivity index (χ1v) is 7.75. The average Bonchev–Trinajstić information content (AvgIpc) is 3.20. The number of hydrogen-bond acceptors (Lipinski definition) is 4. The first kappa shape index (κ1) is 17.1. The highest BCUT2D eigenvalue weighted by atomic mass is 16.5. The van der Waals surface area contributed by atoms with Crippen molar-refractivity contribution in [2.45, 2.75) is 25.5 Å². The highest BCUT2D eigenvalue weighted by Crippen LogP contribution is 2.10. The molecule has 122 valence electrons. The Bertz CT molecular complexity index is 564. The summed E-state index contributed by atoms with van der Waals surface area (Å²) in [7, 11) is 0. The third-order valence-electron chi connectivity index (χ3n) is 3.39. The van der Waals surface area contributed by atoms with E-state index in [0.717, 1.165) is 18.8 Å². The third kappa shape index (κ3) is 6.18. The molecule has 0 aliphatic carbocycles. The Morgan fingerprint density at radius 1 is 1.17 bits per heavy atom. The molecule has 1 aromatic carbocycles. The van der Waals surface area contributed by atoms with Crippen molar-refractivity contribution in [1.29, 1.82) is 0 Å². The SMILES string of the molecule is C1CCOC1.O=C(NCc1ccccc1)[C@H](O)c1cccnc1. The van der Waals surface area contributed by atoms with Gasteiger partial charge in [0, 0.05) is 37.7 Å². The van der Waals surface area contributed by atoms with Crippen LogP contribution in [-0.2, 0) is 16.1 Å². The van der Waals surface area contributed by atoms with Crippen molar-refractivity contribution < 1.29 is 14.6 Å². The van der Waals surface area contributed by atoms with Crippen LogP contribution in [0.1, 0.15) is 30.1 Å². The van der Waals surface area contributed by atoms with Gasteiger partial charge in [-0.1, -0.05) is 36.4 Å². The van der Waals surface area contributed by atoms with Gasteiger partial charge in [-0.2, -0.15) is 0 Å². The van der Waals surface area contributed by atoms with Crippen molar-refractivity contribution in [3.8, 4) is 0 Å². The molecule has 0 saturated carbocycles. The van der Waals surface area contributed by atoms with E-state index in [4.69, 9.17) is 4.74 Å². The molecule has 0 bridgehead atoms. The van der Waals surface area contributed by atoms with E-state index in [2.05, 4.69) is 10.3 Å². The fourth-order valence-electron chi connectivity index (χ4n) is 2.08. The van der Waals surface area contributed by atoms with E-state index in [1.165, 1.54) is 19.0 Å². The molecule has 3 rings (SSSR count). The van der Waals surface area contributed by atoms with Gasteiger partial charge in [-0.05, 0) is 24.5 Å². The lowest BCUT2D eigenvalue weighted by Crippen LogP contribution is -2.28. The second kappa shape index (κ2) is 9.71. The number of pyridine rings is 1. The number of aromatic nitrogens is 1. The summed E-state index contributed by atoms with van der Waals surface area (Å²) < 4.78 is 4.94. The van der Waals surface area contributed by atoms with Gasteiger partial charge in [0.2, 0.25) is 0 Å². The summed E-state index contributed by atoms with van der Waals surface area (Å²) in [4.78, 5) is 15.6. The lowest BCUT2D eigenvalue weighted by molar-refractivity contribution is -0.129. The van der Waals surface area contributed by atoms with Crippen molar-refractivity contribution in [1.82, 2.24) is 10.3 Å². The molecule has 1 aromatic heterocycles. The first-order valence-electron chi connectivity index (χ1n) is 7.75. The number of amides is 1. The Balaban J connectivity index is 0.000000326. The van der Waals surface area contributed by atoms with E-state index in [9.17, 15) is 9.90 Å². The van der Waals surface area contributed by atoms with Crippen LogP contribution in [0, 0.1) is 0 Å². The molecule has 1 fully saturated rings. The maximum Gasteiger partial charge on any atom is 0.253 e. The Labute approximate surface area is 136 Å². The average molecular weight is 314 g/mol. The second-order valence-electron chi connectivity index (χ2n) is 5.21. The fourth-order valence-corrected chi connectivity index (χ4v) is 2.08. The molecule has 2 heterocycles. The highest BCUT2D eigenvalue weighted by molar-refractivity contribution is 5.81. The zero-order valence-corrected chi connectivity index (χ0v) is 13.0. The van der Waals surface area contributed by atoms with E-state index in [0.29, 0.717) is 12.1 Å². The van der Waals surface area contributed by atoms with Crippen LogP contribution in [-0.4, -0.2) is 29.2 Å². The largest absolute Gasteiger partial charge is 0.381 e. The molecule has 2 N–H and O–H groups in total. The molecular formula is C18H22N2O3. The normalized spacial score (nSPS) is 14.5. The van der Waals surface area contributed by atoms with E-state index < -0.39 is 12.0 Å². The van der Waals surface area contributed by atoms with Crippen LogP contribution in [0.4, 0.5) is 0 Å². The van der Waals surface area contributed by atoms with Crippen LogP contribution >= 0.6 is 0 Å². The summed E-state index contributed by atoms with van der Waals surface area (Å²) in [5.41, 5.74) is 1.48. The van der Waals surface area contributed by atoms with Gasteiger partial charge in [-0.3, -0.25) is 9.78 Å². The summed E-state index contributed by atoms with van der Waals surface area (Å²) in [6, 6.07) is 12.9. The van der Waals surface area contributed by atoms with Crippen LogP contribution in [0.15, 0.2) is 54.9 Å². The molecule has 1 aliphatic heterocycles. The van der Waals surface area contributed by atoms with Crippen molar-refractivity contribution in [2.75, 3.05) is 13.2 Å². The predicted molar refractivity (Wildman–Crippen MR) is 87.5 cm³/mol. The molecule has 5 nitrogen and oxygen atoms in total. The minimum absolute atomic E-state index is 0.400. The van der Waals surface area contributed by atoms with Gasteiger partial charge < -0.3 is 15.2 Å².